The number of rotatable bonds is 13. The molecular weight excluding hydrogens is 304 g/mol. The SMILES string of the molecule is CCCCCCCCCCCCCCc1ccccc1[N+]#N.[Cl-]. The molecule has 0 amide bonds. The molecule has 0 atom stereocenters. The number of hydrogen-bond acceptors (Lipinski definition) is 1. The lowest BCUT2D eigenvalue weighted by molar-refractivity contribution is -0.00000498. The number of hydrogen-bond donors (Lipinski definition) is 0. The van der Waals surface area contributed by atoms with Crippen molar-refractivity contribution in [2.75, 3.05) is 0 Å². The molecule has 0 aliphatic heterocycles. The van der Waals surface area contributed by atoms with Gasteiger partial charge in [0, 0.05) is 11.6 Å². The van der Waals surface area contributed by atoms with Crippen molar-refractivity contribution < 1.29 is 12.4 Å². The van der Waals surface area contributed by atoms with Crippen LogP contribution in [0.15, 0.2) is 24.3 Å². The Labute approximate surface area is 149 Å². The summed E-state index contributed by atoms with van der Waals surface area (Å²) in [5.74, 6) is 0. The summed E-state index contributed by atoms with van der Waals surface area (Å²) in [7, 11) is 0. The quantitative estimate of drug-likeness (QED) is 0.387. The fraction of sp³-hybridized carbons (Fsp3) is 0.700. The molecule has 1 aromatic rings. The molecule has 0 heterocycles. The predicted octanol–water partition coefficient (Wildman–Crippen LogP) is 4.42. The van der Waals surface area contributed by atoms with Crippen molar-refractivity contribution in [1.82, 2.24) is 0 Å². The van der Waals surface area contributed by atoms with Crippen molar-refractivity contribution in [3.05, 3.63) is 34.8 Å². The average molecular weight is 337 g/mol. The number of benzene rings is 1. The second-order valence-electron chi connectivity index (χ2n) is 6.37. The Balaban J connectivity index is 0.00000484. The van der Waals surface area contributed by atoms with Crippen molar-refractivity contribution in [2.45, 2.75) is 90.4 Å². The Morgan fingerprint density at radius 2 is 1.22 bits per heavy atom. The molecule has 0 spiro atoms. The van der Waals surface area contributed by atoms with E-state index in [0.29, 0.717) is 0 Å². The molecule has 1 rings (SSSR count). The van der Waals surface area contributed by atoms with Gasteiger partial charge in [-0.3, -0.25) is 0 Å². The van der Waals surface area contributed by atoms with Gasteiger partial charge in [0.05, 0.1) is 0 Å². The van der Waals surface area contributed by atoms with E-state index in [0.717, 1.165) is 17.7 Å². The second-order valence-corrected chi connectivity index (χ2v) is 6.37. The lowest BCUT2D eigenvalue weighted by Gasteiger charge is -2.02. The largest absolute Gasteiger partial charge is 1.00 e. The highest BCUT2D eigenvalue weighted by Gasteiger charge is 2.10. The van der Waals surface area contributed by atoms with Crippen LogP contribution in [0.25, 0.3) is 4.98 Å². The Morgan fingerprint density at radius 3 is 1.74 bits per heavy atom. The minimum absolute atomic E-state index is 0. The van der Waals surface area contributed by atoms with E-state index < -0.39 is 0 Å². The summed E-state index contributed by atoms with van der Waals surface area (Å²) in [6.07, 6.45) is 17.5. The number of diazo groups is 1. The van der Waals surface area contributed by atoms with E-state index >= 15 is 0 Å². The third-order valence-corrected chi connectivity index (χ3v) is 4.40. The molecule has 0 saturated carbocycles. The standard InChI is InChI=1S/C20H33N2.ClH/c1-2-3-4-5-6-7-8-9-10-11-12-13-16-19-17-14-15-18-20(19)22-21;/h14-15,17-18H,2-13,16H2,1H3;1H/q+1;/p-1. The smallest absolute Gasteiger partial charge is 0.388 e. The molecule has 23 heavy (non-hydrogen) atoms. The van der Waals surface area contributed by atoms with Crippen molar-refractivity contribution in [2.24, 2.45) is 0 Å². The maximum Gasteiger partial charge on any atom is 0.388 e. The van der Waals surface area contributed by atoms with E-state index in [2.05, 4.69) is 18.0 Å². The average Bonchev–Trinajstić information content (AvgIpc) is 2.56. The van der Waals surface area contributed by atoms with Gasteiger partial charge in [-0.25, -0.2) is 0 Å². The molecule has 0 radical (unpaired) electrons. The normalized spacial score (nSPS) is 10.1. The Morgan fingerprint density at radius 1 is 0.739 bits per heavy atom. The molecule has 1 aromatic carbocycles. The van der Waals surface area contributed by atoms with Gasteiger partial charge in [0.2, 0.25) is 5.39 Å². The molecule has 0 bridgehead atoms. The molecule has 0 fully saturated rings. The first-order valence-electron chi connectivity index (χ1n) is 9.31. The van der Waals surface area contributed by atoms with E-state index in [-0.39, 0.29) is 12.4 Å². The van der Waals surface area contributed by atoms with E-state index in [9.17, 15) is 0 Å². The van der Waals surface area contributed by atoms with Gasteiger partial charge in [-0.2, -0.15) is 0 Å². The van der Waals surface area contributed by atoms with Crippen LogP contribution in [0.1, 0.15) is 89.5 Å². The lowest BCUT2D eigenvalue weighted by Crippen LogP contribution is -3.00. The summed E-state index contributed by atoms with van der Waals surface area (Å²) in [6.45, 7) is 2.27. The maximum atomic E-state index is 8.93. The van der Waals surface area contributed by atoms with E-state index in [1.807, 2.05) is 18.2 Å². The minimum atomic E-state index is 0. The molecule has 3 heteroatoms. The first-order chi connectivity index (χ1) is 10.9. The van der Waals surface area contributed by atoms with Crippen LogP contribution in [-0.4, -0.2) is 0 Å². The van der Waals surface area contributed by atoms with Crippen LogP contribution in [0.2, 0.25) is 0 Å². The summed E-state index contributed by atoms with van der Waals surface area (Å²) < 4.78 is 0. The molecule has 0 unspecified atom stereocenters. The number of unbranched alkanes of at least 4 members (excludes halogenated alkanes) is 11. The summed E-state index contributed by atoms with van der Waals surface area (Å²) in [4.78, 5) is 3.35. The second kappa shape index (κ2) is 15.8. The van der Waals surface area contributed by atoms with Gasteiger partial charge in [0.1, 0.15) is 0 Å². The highest BCUT2D eigenvalue weighted by molar-refractivity contribution is 5.51. The zero-order valence-electron chi connectivity index (χ0n) is 14.8. The van der Waals surface area contributed by atoms with Crippen LogP contribution in [0.5, 0.6) is 0 Å². The molecule has 130 valence electrons. The summed E-state index contributed by atoms with van der Waals surface area (Å²) in [5, 5.41) is 8.93. The molecule has 2 nitrogen and oxygen atoms in total. The highest BCUT2D eigenvalue weighted by atomic mass is 35.5. The minimum Gasteiger partial charge on any atom is -1.00 e. The predicted molar refractivity (Wildman–Crippen MR) is 96.0 cm³/mol. The van der Waals surface area contributed by atoms with Crippen LogP contribution in [0.3, 0.4) is 0 Å². The van der Waals surface area contributed by atoms with Gasteiger partial charge in [-0.15, -0.1) is 0 Å². The number of aryl methyl sites for hydroxylation is 1. The first kappa shape index (κ1) is 21.9. The van der Waals surface area contributed by atoms with Gasteiger partial charge in [0.15, 0.2) is 4.98 Å². The Hall–Kier alpha value is -1.07. The van der Waals surface area contributed by atoms with Crippen molar-refractivity contribution >= 4 is 5.69 Å². The third kappa shape index (κ3) is 11.2. The van der Waals surface area contributed by atoms with Crippen molar-refractivity contribution in [3.8, 4) is 0 Å². The van der Waals surface area contributed by atoms with Gasteiger partial charge in [-0.05, 0) is 12.8 Å². The van der Waals surface area contributed by atoms with Gasteiger partial charge < -0.3 is 12.4 Å². The number of nitrogens with zero attached hydrogens (tertiary/aromatic N) is 2. The fourth-order valence-corrected chi connectivity index (χ4v) is 2.98. The van der Waals surface area contributed by atoms with Crippen LogP contribution in [0, 0.1) is 5.39 Å². The molecular formula is C20H33ClN2. The van der Waals surface area contributed by atoms with Gasteiger partial charge in [-0.1, -0.05) is 95.8 Å². The summed E-state index contributed by atoms with van der Waals surface area (Å²) >= 11 is 0. The molecule has 0 aliphatic carbocycles. The molecule has 0 aliphatic rings. The van der Waals surface area contributed by atoms with Gasteiger partial charge >= 0.3 is 5.69 Å². The zero-order valence-corrected chi connectivity index (χ0v) is 15.5. The fourth-order valence-electron chi connectivity index (χ4n) is 2.98. The summed E-state index contributed by atoms with van der Waals surface area (Å²) in [5.41, 5.74) is 1.89. The first-order valence-corrected chi connectivity index (χ1v) is 9.31. The lowest BCUT2D eigenvalue weighted by atomic mass is 10.0. The summed E-state index contributed by atoms with van der Waals surface area (Å²) in [6, 6.07) is 7.87. The Bertz CT molecular complexity index is 426. The Kier molecular flexibility index (Phi) is 15.1. The molecule has 0 N–H and O–H groups in total. The van der Waals surface area contributed by atoms with Crippen LogP contribution >= 0.6 is 0 Å². The third-order valence-electron chi connectivity index (χ3n) is 4.40. The van der Waals surface area contributed by atoms with Crippen LogP contribution in [-0.2, 0) is 6.42 Å². The highest BCUT2D eigenvalue weighted by Crippen LogP contribution is 2.21. The van der Waals surface area contributed by atoms with Crippen LogP contribution < -0.4 is 12.4 Å². The van der Waals surface area contributed by atoms with E-state index in [4.69, 9.17) is 5.39 Å². The zero-order chi connectivity index (χ0) is 15.9. The monoisotopic (exact) mass is 336 g/mol. The van der Waals surface area contributed by atoms with Gasteiger partial charge in [0.25, 0.3) is 0 Å². The van der Waals surface area contributed by atoms with Crippen molar-refractivity contribution in [1.29, 1.82) is 5.39 Å². The maximum absolute atomic E-state index is 8.93. The molecule has 0 aromatic heterocycles. The number of halogens is 1. The molecule has 0 saturated heterocycles. The topological polar surface area (TPSA) is 28.1 Å². The van der Waals surface area contributed by atoms with Crippen LogP contribution in [0.4, 0.5) is 5.69 Å². The van der Waals surface area contributed by atoms with E-state index in [1.54, 1.807) is 0 Å². The van der Waals surface area contributed by atoms with Crippen molar-refractivity contribution in [3.63, 3.8) is 0 Å². The van der Waals surface area contributed by atoms with E-state index in [1.165, 1.54) is 77.0 Å².